The number of alkyl halides is 3. The number of hydrogen-bond acceptors (Lipinski definition) is 2. The van der Waals surface area contributed by atoms with Gasteiger partial charge in [-0.05, 0) is 49.7 Å². The molecule has 2 amide bonds. The fourth-order valence-corrected chi connectivity index (χ4v) is 4.67. The number of carbonyl (C=O) groups is 2. The molecule has 3 fully saturated rings. The van der Waals surface area contributed by atoms with Crippen molar-refractivity contribution in [2.45, 2.75) is 44.2 Å². The molecule has 2 aliphatic heterocycles. The molecule has 1 aliphatic carbocycles. The molecule has 0 N–H and O–H groups in total. The van der Waals surface area contributed by atoms with Gasteiger partial charge in [0.2, 0.25) is 11.8 Å². The quantitative estimate of drug-likeness (QED) is 0.785. The molecule has 2 unspecified atom stereocenters. The highest BCUT2D eigenvalue weighted by Gasteiger charge is 2.49. The lowest BCUT2D eigenvalue weighted by molar-refractivity contribution is -0.140. The predicted octanol–water partition coefficient (Wildman–Crippen LogP) is 3.67. The highest BCUT2D eigenvalue weighted by atomic mass is 19.4. The molecule has 152 valence electrons. The van der Waals surface area contributed by atoms with Crippen LogP contribution in [0.25, 0.3) is 0 Å². The maximum absolute atomic E-state index is 13.2. The number of amides is 2. The molecule has 2 heterocycles. The van der Waals surface area contributed by atoms with E-state index >= 15 is 0 Å². The third kappa shape index (κ3) is 3.76. The molecule has 0 bridgehead atoms. The molecule has 4 rings (SSSR count). The van der Waals surface area contributed by atoms with Gasteiger partial charge in [0.1, 0.15) is 0 Å². The van der Waals surface area contributed by atoms with Crippen LogP contribution < -0.4 is 0 Å². The van der Waals surface area contributed by atoms with Crippen LogP contribution in [-0.4, -0.2) is 47.8 Å². The normalized spacial score (nSPS) is 25.8. The highest BCUT2D eigenvalue weighted by Crippen LogP contribution is 2.52. The zero-order chi connectivity index (χ0) is 19.9. The summed E-state index contributed by atoms with van der Waals surface area (Å²) in [5.41, 5.74) is -0.405. The summed E-state index contributed by atoms with van der Waals surface area (Å²) in [5.74, 6) is -0.603. The first kappa shape index (κ1) is 19.3. The third-order valence-corrected chi connectivity index (χ3v) is 6.35. The molecular formula is C21H25F3N2O2. The lowest BCUT2D eigenvalue weighted by Gasteiger charge is -2.33. The molecule has 3 aliphatic rings. The van der Waals surface area contributed by atoms with Gasteiger partial charge in [-0.15, -0.1) is 0 Å². The predicted molar refractivity (Wildman–Crippen MR) is 97.4 cm³/mol. The van der Waals surface area contributed by atoms with Gasteiger partial charge in [-0.25, -0.2) is 0 Å². The summed E-state index contributed by atoms with van der Waals surface area (Å²) >= 11 is 0. The van der Waals surface area contributed by atoms with E-state index in [2.05, 4.69) is 0 Å². The lowest BCUT2D eigenvalue weighted by Crippen LogP contribution is -2.44. The number of benzene rings is 1. The minimum Gasteiger partial charge on any atom is -0.342 e. The maximum Gasteiger partial charge on any atom is 0.416 e. The summed E-state index contributed by atoms with van der Waals surface area (Å²) in [7, 11) is 0. The van der Waals surface area contributed by atoms with Gasteiger partial charge in [-0.2, -0.15) is 13.2 Å². The average Bonchev–Trinajstić information content (AvgIpc) is 3.30. The first-order valence-corrected chi connectivity index (χ1v) is 10.1. The minimum absolute atomic E-state index is 0.0249. The van der Waals surface area contributed by atoms with Crippen LogP contribution in [0.1, 0.15) is 49.1 Å². The van der Waals surface area contributed by atoms with Crippen LogP contribution in [0.5, 0.6) is 0 Å². The molecule has 28 heavy (non-hydrogen) atoms. The Bertz CT molecular complexity index is 750. The first-order valence-electron chi connectivity index (χ1n) is 10.1. The van der Waals surface area contributed by atoms with Gasteiger partial charge in [0.15, 0.2) is 0 Å². The number of hydrogen-bond donors (Lipinski definition) is 0. The van der Waals surface area contributed by atoms with Gasteiger partial charge in [0.25, 0.3) is 0 Å². The van der Waals surface area contributed by atoms with Crippen LogP contribution in [0.15, 0.2) is 24.3 Å². The Morgan fingerprint density at radius 2 is 1.50 bits per heavy atom. The summed E-state index contributed by atoms with van der Waals surface area (Å²) in [5, 5.41) is 0. The van der Waals surface area contributed by atoms with E-state index in [9.17, 15) is 22.8 Å². The first-order chi connectivity index (χ1) is 13.4. The Morgan fingerprint density at radius 1 is 0.893 bits per heavy atom. The summed E-state index contributed by atoms with van der Waals surface area (Å²) in [4.78, 5) is 29.0. The van der Waals surface area contributed by atoms with E-state index in [0.717, 1.165) is 32.0 Å². The van der Waals surface area contributed by atoms with Crippen LogP contribution in [0.3, 0.4) is 0 Å². The fourth-order valence-electron chi connectivity index (χ4n) is 4.67. The van der Waals surface area contributed by atoms with Gasteiger partial charge in [-0.3, -0.25) is 9.59 Å². The molecule has 1 aromatic carbocycles. The van der Waals surface area contributed by atoms with Crippen LogP contribution in [0.4, 0.5) is 13.2 Å². The smallest absolute Gasteiger partial charge is 0.342 e. The molecule has 2 saturated heterocycles. The monoisotopic (exact) mass is 394 g/mol. The van der Waals surface area contributed by atoms with E-state index in [1.54, 1.807) is 11.0 Å². The molecule has 0 spiro atoms. The van der Waals surface area contributed by atoms with E-state index in [1.807, 2.05) is 4.90 Å². The second-order valence-corrected chi connectivity index (χ2v) is 8.17. The number of rotatable bonds is 3. The Balaban J connectivity index is 1.34. The van der Waals surface area contributed by atoms with E-state index in [-0.39, 0.29) is 35.1 Å². The van der Waals surface area contributed by atoms with Crippen molar-refractivity contribution in [3.8, 4) is 0 Å². The zero-order valence-corrected chi connectivity index (χ0v) is 15.8. The molecule has 7 heteroatoms. The molecular weight excluding hydrogens is 369 g/mol. The molecule has 0 radical (unpaired) electrons. The Hall–Kier alpha value is -2.05. The van der Waals surface area contributed by atoms with Crippen molar-refractivity contribution in [3.63, 3.8) is 0 Å². The maximum atomic E-state index is 13.2. The van der Waals surface area contributed by atoms with E-state index in [0.29, 0.717) is 32.4 Å². The van der Waals surface area contributed by atoms with Crippen molar-refractivity contribution in [1.29, 1.82) is 0 Å². The number of halogens is 3. The fraction of sp³-hybridized carbons (Fsp3) is 0.619. The lowest BCUT2D eigenvalue weighted by atomic mass is 9.94. The number of piperidine rings is 1. The molecule has 1 aromatic rings. The van der Waals surface area contributed by atoms with Gasteiger partial charge in [0, 0.05) is 38.0 Å². The average molecular weight is 394 g/mol. The Labute approximate surface area is 162 Å². The molecule has 1 saturated carbocycles. The van der Waals surface area contributed by atoms with Gasteiger partial charge in [0.05, 0.1) is 5.56 Å². The summed E-state index contributed by atoms with van der Waals surface area (Å²) in [6.07, 6.45) is -0.508. The van der Waals surface area contributed by atoms with E-state index < -0.39 is 11.7 Å². The number of nitrogens with zero attached hydrogens (tertiary/aromatic N) is 2. The zero-order valence-electron chi connectivity index (χ0n) is 15.8. The van der Waals surface area contributed by atoms with E-state index in [1.165, 1.54) is 12.1 Å². The molecule has 2 atom stereocenters. The topological polar surface area (TPSA) is 40.6 Å². The Kier molecular flexibility index (Phi) is 5.10. The van der Waals surface area contributed by atoms with Crippen LogP contribution in [0, 0.1) is 11.8 Å². The van der Waals surface area contributed by atoms with Crippen molar-refractivity contribution in [2.24, 2.45) is 11.8 Å². The largest absolute Gasteiger partial charge is 0.416 e. The van der Waals surface area contributed by atoms with Gasteiger partial charge in [-0.1, -0.05) is 18.2 Å². The van der Waals surface area contributed by atoms with Gasteiger partial charge < -0.3 is 9.80 Å². The molecule has 4 nitrogen and oxygen atoms in total. The summed E-state index contributed by atoms with van der Waals surface area (Å²) < 4.78 is 39.7. The third-order valence-electron chi connectivity index (χ3n) is 6.35. The van der Waals surface area contributed by atoms with Crippen molar-refractivity contribution in [3.05, 3.63) is 35.4 Å². The van der Waals surface area contributed by atoms with Crippen molar-refractivity contribution >= 4 is 11.8 Å². The molecule has 0 aromatic heterocycles. The van der Waals surface area contributed by atoms with Gasteiger partial charge >= 0.3 is 6.18 Å². The van der Waals surface area contributed by atoms with Crippen LogP contribution in [-0.2, 0) is 15.8 Å². The second kappa shape index (κ2) is 7.41. The van der Waals surface area contributed by atoms with Crippen LogP contribution >= 0.6 is 0 Å². The Morgan fingerprint density at radius 3 is 2.14 bits per heavy atom. The number of carbonyl (C=O) groups excluding carboxylic acids is 2. The minimum atomic E-state index is -4.40. The van der Waals surface area contributed by atoms with E-state index in [4.69, 9.17) is 0 Å². The van der Waals surface area contributed by atoms with Crippen LogP contribution in [0.2, 0.25) is 0 Å². The summed E-state index contributed by atoms with van der Waals surface area (Å²) in [6, 6.07) is 5.56. The highest BCUT2D eigenvalue weighted by molar-refractivity contribution is 5.84. The standard InChI is InChI=1S/C21H25F3N2O2/c22-21(23,24)18-6-2-1-5-15(18)16-13-17(16)20(28)26-11-7-14(8-12-26)19(27)25-9-3-4-10-25/h1-2,5-6,14,16-17H,3-4,7-13H2. The van der Waals surface area contributed by atoms with Crippen molar-refractivity contribution in [2.75, 3.05) is 26.2 Å². The SMILES string of the molecule is O=C(C1CCN(C(=O)C2CC2c2ccccc2C(F)(F)F)CC1)N1CCCC1. The summed E-state index contributed by atoms with van der Waals surface area (Å²) in [6.45, 7) is 2.71. The van der Waals surface area contributed by atoms with Crippen molar-refractivity contribution < 1.29 is 22.8 Å². The number of likely N-dealkylation sites (tertiary alicyclic amines) is 2. The second-order valence-electron chi connectivity index (χ2n) is 8.17. The van der Waals surface area contributed by atoms with Crippen molar-refractivity contribution in [1.82, 2.24) is 9.80 Å².